The van der Waals surface area contributed by atoms with E-state index in [1.165, 1.54) is 25.1 Å². The monoisotopic (exact) mass is 505 g/mol. The van der Waals surface area contributed by atoms with Crippen LogP contribution in [0.15, 0.2) is 89.1 Å². The summed E-state index contributed by atoms with van der Waals surface area (Å²) < 4.78 is 6.57. The van der Waals surface area contributed by atoms with Crippen molar-refractivity contribution in [3.63, 3.8) is 0 Å². The fraction of sp³-hybridized carbons (Fsp3) is 0.0800. The normalized spacial score (nSPS) is 10.9. The minimum absolute atomic E-state index is 0.0875. The van der Waals surface area contributed by atoms with E-state index in [2.05, 4.69) is 25.5 Å². The van der Waals surface area contributed by atoms with Crippen LogP contribution in [0.3, 0.4) is 0 Å². The largest absolute Gasteiger partial charge is 0.465 e. The van der Waals surface area contributed by atoms with Gasteiger partial charge in [-0.3, -0.25) is 9.36 Å². The van der Waals surface area contributed by atoms with Gasteiger partial charge in [-0.1, -0.05) is 53.7 Å². The van der Waals surface area contributed by atoms with Gasteiger partial charge in [0.25, 0.3) is 5.91 Å². The number of amides is 1. The Hall–Kier alpha value is -3.95. The fourth-order valence-electron chi connectivity index (χ4n) is 3.12. The molecule has 0 unspecified atom stereocenters. The highest BCUT2D eigenvalue weighted by Crippen LogP contribution is 2.28. The van der Waals surface area contributed by atoms with Crippen LogP contribution in [0.2, 0.25) is 5.02 Å². The third-order valence-corrected chi connectivity index (χ3v) is 6.00. The maximum atomic E-state index is 12.4. The number of carbonyl (C=O) groups excluding carboxylic acids is 2. The summed E-state index contributed by atoms with van der Waals surface area (Å²) in [4.78, 5) is 23.9. The van der Waals surface area contributed by atoms with Crippen LogP contribution in [0.1, 0.15) is 15.9 Å². The van der Waals surface area contributed by atoms with E-state index in [0.29, 0.717) is 21.6 Å². The molecule has 4 aromatic rings. The van der Waals surface area contributed by atoms with Crippen molar-refractivity contribution in [3.05, 3.63) is 95.0 Å². The maximum absolute atomic E-state index is 12.4. The Labute approximate surface area is 211 Å². The lowest BCUT2D eigenvalue weighted by atomic mass is 10.1. The highest BCUT2D eigenvalue weighted by atomic mass is 35.5. The minimum atomic E-state index is -0.415. The molecule has 35 heavy (non-hydrogen) atoms. The second-order valence-corrected chi connectivity index (χ2v) is 8.56. The first kappa shape index (κ1) is 24.2. The number of hydrogen-bond acceptors (Lipinski definition) is 7. The van der Waals surface area contributed by atoms with Crippen molar-refractivity contribution in [1.29, 1.82) is 0 Å². The second kappa shape index (κ2) is 11.5. The third kappa shape index (κ3) is 6.14. The van der Waals surface area contributed by atoms with Gasteiger partial charge in [0, 0.05) is 16.3 Å². The number of benzene rings is 3. The minimum Gasteiger partial charge on any atom is -0.465 e. The Morgan fingerprint density at radius 2 is 1.74 bits per heavy atom. The van der Waals surface area contributed by atoms with Gasteiger partial charge in [-0.2, -0.15) is 5.10 Å². The molecule has 1 heterocycles. The molecule has 8 nitrogen and oxygen atoms in total. The Morgan fingerprint density at radius 1 is 1.03 bits per heavy atom. The van der Waals surface area contributed by atoms with Gasteiger partial charge in [0.05, 0.1) is 24.6 Å². The number of halogens is 1. The van der Waals surface area contributed by atoms with Gasteiger partial charge in [0.15, 0.2) is 11.0 Å². The van der Waals surface area contributed by atoms with Crippen LogP contribution < -0.4 is 5.43 Å². The number of nitrogens with zero attached hydrogens (tertiary/aromatic N) is 4. The van der Waals surface area contributed by atoms with Crippen molar-refractivity contribution in [2.24, 2.45) is 5.10 Å². The van der Waals surface area contributed by atoms with Crippen molar-refractivity contribution < 1.29 is 14.3 Å². The second-order valence-electron chi connectivity index (χ2n) is 7.18. The van der Waals surface area contributed by atoms with E-state index in [1.807, 2.05) is 47.0 Å². The van der Waals surface area contributed by atoms with Gasteiger partial charge in [-0.25, -0.2) is 10.2 Å². The number of para-hydroxylation sites is 1. The third-order valence-electron chi connectivity index (χ3n) is 4.82. The summed E-state index contributed by atoms with van der Waals surface area (Å²) in [5.41, 5.74) is 5.39. The van der Waals surface area contributed by atoms with E-state index in [-0.39, 0.29) is 11.7 Å². The van der Waals surface area contributed by atoms with Gasteiger partial charge in [-0.15, -0.1) is 10.2 Å². The van der Waals surface area contributed by atoms with Gasteiger partial charge < -0.3 is 4.74 Å². The first-order valence-electron chi connectivity index (χ1n) is 10.4. The standard InChI is InChI=1S/C25H20ClN5O3S/c1-34-24(33)19-9-7-17(8-10-19)15-27-28-22(32)16-35-25-30-29-23(18-11-13-20(26)14-12-18)31(25)21-5-3-2-4-6-21/h2-15H,16H2,1H3,(H,28,32)/b27-15+. The summed E-state index contributed by atoms with van der Waals surface area (Å²) in [6.45, 7) is 0. The Morgan fingerprint density at radius 3 is 2.43 bits per heavy atom. The molecule has 0 radical (unpaired) electrons. The predicted octanol–water partition coefficient (Wildman–Crippen LogP) is 4.62. The summed E-state index contributed by atoms with van der Waals surface area (Å²) in [6.07, 6.45) is 1.49. The van der Waals surface area contributed by atoms with E-state index in [9.17, 15) is 9.59 Å². The molecule has 176 valence electrons. The first-order valence-corrected chi connectivity index (χ1v) is 11.8. The molecule has 0 atom stereocenters. The van der Waals surface area contributed by atoms with E-state index in [0.717, 1.165) is 16.8 Å². The molecule has 0 saturated carbocycles. The molecule has 3 aromatic carbocycles. The van der Waals surface area contributed by atoms with Crippen molar-refractivity contribution in [2.45, 2.75) is 5.16 Å². The van der Waals surface area contributed by atoms with Gasteiger partial charge in [0.1, 0.15) is 0 Å². The van der Waals surface area contributed by atoms with E-state index in [4.69, 9.17) is 11.6 Å². The lowest BCUT2D eigenvalue weighted by molar-refractivity contribution is -0.118. The average molecular weight is 506 g/mol. The van der Waals surface area contributed by atoms with Gasteiger partial charge in [0.2, 0.25) is 0 Å². The number of hydrogen-bond donors (Lipinski definition) is 1. The molecule has 0 fully saturated rings. The molecule has 0 aliphatic carbocycles. The molecular formula is C25H20ClN5O3S. The smallest absolute Gasteiger partial charge is 0.337 e. The molecule has 0 aliphatic rings. The summed E-state index contributed by atoms with van der Waals surface area (Å²) in [7, 11) is 1.33. The first-order chi connectivity index (χ1) is 17.0. The van der Waals surface area contributed by atoms with Crippen molar-refractivity contribution >= 4 is 41.5 Å². The van der Waals surface area contributed by atoms with Crippen LogP contribution >= 0.6 is 23.4 Å². The number of ether oxygens (including phenoxy) is 1. The average Bonchev–Trinajstić information content (AvgIpc) is 3.32. The molecule has 1 aromatic heterocycles. The Balaban J connectivity index is 1.43. The Bertz CT molecular complexity index is 1340. The zero-order valence-corrected chi connectivity index (χ0v) is 20.2. The number of esters is 1. The van der Waals surface area contributed by atoms with Crippen LogP contribution in [0, 0.1) is 0 Å². The topological polar surface area (TPSA) is 98.5 Å². The van der Waals surface area contributed by atoms with Gasteiger partial charge >= 0.3 is 5.97 Å². The summed E-state index contributed by atoms with van der Waals surface area (Å²) in [5, 5.41) is 13.8. The van der Waals surface area contributed by atoms with Crippen molar-refractivity contribution in [1.82, 2.24) is 20.2 Å². The van der Waals surface area contributed by atoms with Crippen LogP contribution in [-0.2, 0) is 9.53 Å². The molecule has 0 bridgehead atoms. The lowest BCUT2D eigenvalue weighted by Gasteiger charge is -2.10. The zero-order chi connectivity index (χ0) is 24.6. The Kier molecular flexibility index (Phi) is 7.92. The maximum Gasteiger partial charge on any atom is 0.337 e. The molecule has 0 saturated heterocycles. The number of rotatable bonds is 8. The molecule has 0 spiro atoms. The molecule has 1 N–H and O–H groups in total. The lowest BCUT2D eigenvalue weighted by Crippen LogP contribution is -2.20. The number of thioether (sulfide) groups is 1. The summed E-state index contributed by atoms with van der Waals surface area (Å²) in [6, 6.07) is 23.7. The SMILES string of the molecule is COC(=O)c1ccc(/C=N/NC(=O)CSc2nnc(-c3ccc(Cl)cc3)n2-c2ccccc2)cc1. The number of methoxy groups -OCH3 is 1. The fourth-order valence-corrected chi connectivity index (χ4v) is 3.99. The van der Waals surface area contributed by atoms with Crippen LogP contribution in [0.4, 0.5) is 0 Å². The number of carbonyl (C=O) groups is 2. The van der Waals surface area contributed by atoms with Crippen LogP contribution in [0.5, 0.6) is 0 Å². The number of aromatic nitrogens is 3. The van der Waals surface area contributed by atoms with E-state index >= 15 is 0 Å². The van der Waals surface area contributed by atoms with Crippen LogP contribution in [-0.4, -0.2) is 45.7 Å². The van der Waals surface area contributed by atoms with E-state index < -0.39 is 5.97 Å². The highest BCUT2D eigenvalue weighted by molar-refractivity contribution is 7.99. The van der Waals surface area contributed by atoms with Gasteiger partial charge in [-0.05, 0) is 54.1 Å². The molecule has 4 rings (SSSR count). The summed E-state index contributed by atoms with van der Waals surface area (Å²) >= 11 is 7.28. The quantitative estimate of drug-likeness (QED) is 0.162. The highest BCUT2D eigenvalue weighted by Gasteiger charge is 2.17. The molecule has 10 heteroatoms. The van der Waals surface area contributed by atoms with Crippen LogP contribution in [0.25, 0.3) is 17.1 Å². The number of nitrogens with one attached hydrogen (secondary N) is 1. The number of hydrazone groups is 1. The van der Waals surface area contributed by atoms with Crippen molar-refractivity contribution in [2.75, 3.05) is 12.9 Å². The summed E-state index contributed by atoms with van der Waals surface area (Å²) in [5.74, 6) is 0.0168. The van der Waals surface area contributed by atoms with Crippen molar-refractivity contribution in [3.8, 4) is 17.1 Å². The molecule has 1 amide bonds. The predicted molar refractivity (Wildman–Crippen MR) is 136 cm³/mol. The van der Waals surface area contributed by atoms with E-state index in [1.54, 1.807) is 36.4 Å². The zero-order valence-electron chi connectivity index (χ0n) is 18.6. The molecule has 0 aliphatic heterocycles. The molecular weight excluding hydrogens is 486 g/mol.